The van der Waals surface area contributed by atoms with E-state index in [0.717, 1.165) is 30.9 Å². The van der Waals surface area contributed by atoms with Gasteiger partial charge >= 0.3 is 5.97 Å². The summed E-state index contributed by atoms with van der Waals surface area (Å²) in [5.41, 5.74) is 4.19. The van der Waals surface area contributed by atoms with Crippen LogP contribution in [0, 0.1) is 0 Å². The van der Waals surface area contributed by atoms with E-state index in [1.807, 2.05) is 6.07 Å². The zero-order chi connectivity index (χ0) is 17.4. The van der Waals surface area contributed by atoms with Gasteiger partial charge in [0.1, 0.15) is 0 Å². The number of carboxylic acids is 1. The summed E-state index contributed by atoms with van der Waals surface area (Å²) in [6.45, 7) is 2.20. The predicted octanol–water partition coefficient (Wildman–Crippen LogP) is 4.19. The first-order chi connectivity index (χ1) is 11.6. The van der Waals surface area contributed by atoms with Crippen molar-refractivity contribution in [2.75, 3.05) is 0 Å². The van der Waals surface area contributed by atoms with Crippen LogP contribution in [0.3, 0.4) is 0 Å². The first-order valence-electron chi connectivity index (χ1n) is 8.25. The third-order valence-electron chi connectivity index (χ3n) is 3.90. The lowest BCUT2D eigenvalue weighted by atomic mass is 10.0. The fraction of sp³-hybridized carbons (Fsp3) is 0.300. The fourth-order valence-corrected chi connectivity index (χ4v) is 2.41. The minimum absolute atomic E-state index is 0.430. The predicted molar refractivity (Wildman–Crippen MR) is 94.9 cm³/mol. The molecule has 0 aliphatic rings. The average Bonchev–Trinajstić information content (AvgIpc) is 2.60. The van der Waals surface area contributed by atoms with E-state index in [0.29, 0.717) is 5.69 Å². The summed E-state index contributed by atoms with van der Waals surface area (Å²) in [4.78, 5) is 14.7. The molecule has 2 aromatic rings. The number of aliphatic hydroxyl groups excluding tert-OH is 1. The summed E-state index contributed by atoms with van der Waals surface area (Å²) in [6.07, 6.45) is 8.24. The molecule has 126 valence electrons. The van der Waals surface area contributed by atoms with Gasteiger partial charge in [-0.3, -0.25) is 4.98 Å². The molecule has 2 N–H and O–H groups in total. The molecule has 0 amide bonds. The number of unbranched alkanes of at least 4 members (excludes halogenated alkanes) is 1. The molecule has 4 nitrogen and oxygen atoms in total. The molecule has 0 fully saturated rings. The molecule has 2 rings (SSSR count). The maximum absolute atomic E-state index is 10.6. The highest BCUT2D eigenvalue weighted by atomic mass is 16.4. The van der Waals surface area contributed by atoms with E-state index in [1.54, 1.807) is 12.3 Å². The van der Waals surface area contributed by atoms with E-state index in [9.17, 15) is 9.90 Å². The minimum Gasteiger partial charge on any atom is -0.502 e. The van der Waals surface area contributed by atoms with Crippen LogP contribution in [-0.2, 0) is 24.1 Å². The summed E-state index contributed by atoms with van der Waals surface area (Å²) in [5.74, 6) is -2.07. The van der Waals surface area contributed by atoms with Gasteiger partial charge in [-0.15, -0.1) is 0 Å². The topological polar surface area (TPSA) is 70.4 Å². The monoisotopic (exact) mass is 325 g/mol. The van der Waals surface area contributed by atoms with E-state index >= 15 is 0 Å². The molecule has 0 atom stereocenters. The molecule has 1 aromatic heterocycles. The molecule has 1 aromatic carbocycles. The highest BCUT2D eigenvalue weighted by molar-refractivity contribution is 5.88. The second-order valence-corrected chi connectivity index (χ2v) is 5.85. The van der Waals surface area contributed by atoms with Crippen molar-refractivity contribution < 1.29 is 15.0 Å². The quantitative estimate of drug-likeness (QED) is 0.564. The molecular formula is C20H23NO3. The Morgan fingerprint density at radius 1 is 0.958 bits per heavy atom. The highest BCUT2D eigenvalue weighted by Crippen LogP contribution is 2.12. The van der Waals surface area contributed by atoms with E-state index in [2.05, 4.69) is 36.2 Å². The first-order valence-corrected chi connectivity index (χ1v) is 8.25. The third kappa shape index (κ3) is 5.54. The Labute approximate surface area is 142 Å². The van der Waals surface area contributed by atoms with Crippen LogP contribution in [0.15, 0.2) is 48.4 Å². The van der Waals surface area contributed by atoms with Gasteiger partial charge in [-0.1, -0.05) is 43.7 Å². The molecule has 4 heteroatoms. The smallest absolute Gasteiger partial charge is 0.371 e. The molecule has 0 spiro atoms. The first kappa shape index (κ1) is 17.7. The van der Waals surface area contributed by atoms with Gasteiger partial charge in [-0.05, 0) is 48.4 Å². The summed E-state index contributed by atoms with van der Waals surface area (Å²) in [6, 6.07) is 12.4. The number of aryl methyl sites for hydroxylation is 3. The van der Waals surface area contributed by atoms with Gasteiger partial charge in [-0.25, -0.2) is 4.79 Å². The van der Waals surface area contributed by atoms with Crippen LogP contribution < -0.4 is 0 Å². The Hall–Kier alpha value is -2.62. The summed E-state index contributed by atoms with van der Waals surface area (Å²) in [7, 11) is 0. The highest BCUT2D eigenvalue weighted by Gasteiger charge is 2.04. The van der Waals surface area contributed by atoms with E-state index in [4.69, 9.17) is 5.11 Å². The molecule has 24 heavy (non-hydrogen) atoms. The molecule has 0 saturated carbocycles. The number of carbonyl (C=O) groups is 1. The van der Waals surface area contributed by atoms with Crippen LogP contribution in [0.4, 0.5) is 0 Å². The Kier molecular flexibility index (Phi) is 6.55. The number of carboxylic acid groups (broad SMARTS) is 1. The number of pyridine rings is 1. The summed E-state index contributed by atoms with van der Waals surface area (Å²) >= 11 is 0. The van der Waals surface area contributed by atoms with Crippen LogP contribution >= 0.6 is 0 Å². The normalized spacial score (nSPS) is 11.5. The molecule has 0 bridgehead atoms. The maximum Gasteiger partial charge on any atom is 0.371 e. The zero-order valence-corrected chi connectivity index (χ0v) is 13.9. The minimum atomic E-state index is -1.36. The lowest BCUT2D eigenvalue weighted by Crippen LogP contribution is -1.99. The molecule has 0 saturated heterocycles. The van der Waals surface area contributed by atoms with Crippen molar-refractivity contribution in [3.8, 4) is 0 Å². The Bertz CT molecular complexity index is 688. The summed E-state index contributed by atoms with van der Waals surface area (Å²) < 4.78 is 0. The largest absolute Gasteiger partial charge is 0.502 e. The third-order valence-corrected chi connectivity index (χ3v) is 3.90. The Balaban J connectivity index is 1.90. The van der Waals surface area contributed by atoms with Crippen LogP contribution in [0.1, 0.15) is 42.1 Å². The maximum atomic E-state index is 10.6. The number of aliphatic carboxylic acids is 1. The SMILES string of the molecule is CCCCc1ccc(CCc2ccc(/C=C(\O)C(=O)O)nc2)cc1. The van der Waals surface area contributed by atoms with Gasteiger partial charge in [0.2, 0.25) is 5.76 Å². The number of hydrogen-bond donors (Lipinski definition) is 2. The number of aromatic nitrogens is 1. The molecule has 0 aliphatic heterocycles. The van der Waals surface area contributed by atoms with Gasteiger partial charge in [0.05, 0.1) is 5.69 Å². The van der Waals surface area contributed by atoms with Crippen LogP contribution in [-0.4, -0.2) is 21.2 Å². The lowest BCUT2D eigenvalue weighted by molar-refractivity contribution is -0.135. The molecule has 1 heterocycles. The van der Waals surface area contributed by atoms with E-state index in [1.165, 1.54) is 24.0 Å². The van der Waals surface area contributed by atoms with Gasteiger partial charge in [0, 0.05) is 12.3 Å². The average molecular weight is 325 g/mol. The molecular weight excluding hydrogens is 302 g/mol. The Morgan fingerprint density at radius 2 is 1.54 bits per heavy atom. The van der Waals surface area contributed by atoms with Gasteiger partial charge in [-0.2, -0.15) is 0 Å². The second kappa shape index (κ2) is 8.87. The fourth-order valence-electron chi connectivity index (χ4n) is 2.41. The number of rotatable bonds is 8. The van der Waals surface area contributed by atoms with Crippen LogP contribution in [0.25, 0.3) is 6.08 Å². The summed E-state index contributed by atoms with van der Waals surface area (Å²) in [5, 5.41) is 17.8. The van der Waals surface area contributed by atoms with Crippen molar-refractivity contribution in [2.45, 2.75) is 39.0 Å². The van der Waals surface area contributed by atoms with Gasteiger partial charge < -0.3 is 10.2 Å². The second-order valence-electron chi connectivity index (χ2n) is 5.85. The number of hydrogen-bond acceptors (Lipinski definition) is 3. The van der Waals surface area contributed by atoms with Crippen molar-refractivity contribution in [3.63, 3.8) is 0 Å². The standard InChI is InChI=1S/C20H23NO3/c1-2-3-4-15-5-7-16(8-6-15)9-10-17-11-12-18(21-14-17)13-19(22)20(23)24/h5-8,11-14,22H,2-4,9-10H2,1H3,(H,23,24)/b19-13-. The van der Waals surface area contributed by atoms with Crippen molar-refractivity contribution in [3.05, 3.63) is 70.7 Å². The van der Waals surface area contributed by atoms with Crippen molar-refractivity contribution in [2.24, 2.45) is 0 Å². The van der Waals surface area contributed by atoms with Crippen molar-refractivity contribution in [1.82, 2.24) is 4.98 Å². The van der Waals surface area contributed by atoms with E-state index < -0.39 is 11.7 Å². The van der Waals surface area contributed by atoms with Crippen LogP contribution in [0.2, 0.25) is 0 Å². The van der Waals surface area contributed by atoms with Crippen LogP contribution in [0.5, 0.6) is 0 Å². The van der Waals surface area contributed by atoms with E-state index in [-0.39, 0.29) is 0 Å². The lowest BCUT2D eigenvalue weighted by Gasteiger charge is -2.05. The number of aliphatic hydroxyl groups is 1. The number of nitrogens with zero attached hydrogens (tertiary/aromatic N) is 1. The van der Waals surface area contributed by atoms with Crippen molar-refractivity contribution in [1.29, 1.82) is 0 Å². The number of benzene rings is 1. The van der Waals surface area contributed by atoms with Gasteiger partial charge in [0.25, 0.3) is 0 Å². The van der Waals surface area contributed by atoms with Crippen molar-refractivity contribution >= 4 is 12.0 Å². The molecule has 0 unspecified atom stereocenters. The Morgan fingerprint density at radius 3 is 2.08 bits per heavy atom. The van der Waals surface area contributed by atoms with Gasteiger partial charge in [0.15, 0.2) is 0 Å². The zero-order valence-electron chi connectivity index (χ0n) is 13.9. The molecule has 0 aliphatic carbocycles. The molecule has 0 radical (unpaired) electrons.